The number of carbonyl (C=O) groups is 2. The second kappa shape index (κ2) is 29.5. The molecule has 0 atom stereocenters. The van der Waals surface area contributed by atoms with Crippen molar-refractivity contribution in [2.45, 2.75) is 181 Å². The number of hydrogen-bond acceptors (Lipinski definition) is 4. The fourth-order valence-electron chi connectivity index (χ4n) is 4.71. The Morgan fingerprint density at radius 2 is 0.784 bits per heavy atom. The van der Waals surface area contributed by atoms with Gasteiger partial charge >= 0.3 is 11.9 Å². The molecule has 0 bridgehead atoms. The molecule has 0 radical (unpaired) electrons. The SMILES string of the molecule is CCCCCCCCCCCCCCCCCCOC(=O)CCCCC(=O)OCCCCCCC(C)C. The van der Waals surface area contributed by atoms with Gasteiger partial charge in [-0.05, 0) is 31.6 Å². The van der Waals surface area contributed by atoms with Gasteiger partial charge in [0.15, 0.2) is 0 Å². The van der Waals surface area contributed by atoms with Crippen molar-refractivity contribution in [2.75, 3.05) is 13.2 Å². The molecule has 0 aliphatic rings. The third-order valence-corrected chi connectivity index (χ3v) is 7.21. The molecule has 37 heavy (non-hydrogen) atoms. The zero-order valence-electron chi connectivity index (χ0n) is 25.3. The minimum absolute atomic E-state index is 0.129. The molecule has 0 saturated heterocycles. The van der Waals surface area contributed by atoms with Crippen molar-refractivity contribution < 1.29 is 19.1 Å². The van der Waals surface area contributed by atoms with E-state index in [2.05, 4.69) is 20.8 Å². The summed E-state index contributed by atoms with van der Waals surface area (Å²) < 4.78 is 10.6. The van der Waals surface area contributed by atoms with E-state index in [1.807, 2.05) is 0 Å². The van der Waals surface area contributed by atoms with Crippen LogP contribution in [0.25, 0.3) is 0 Å². The van der Waals surface area contributed by atoms with Crippen molar-refractivity contribution in [3.8, 4) is 0 Å². The smallest absolute Gasteiger partial charge is 0.305 e. The van der Waals surface area contributed by atoms with Crippen LogP contribution in [-0.4, -0.2) is 25.2 Å². The average Bonchev–Trinajstić information content (AvgIpc) is 2.87. The molecule has 0 heterocycles. The highest BCUT2D eigenvalue weighted by Gasteiger charge is 2.06. The van der Waals surface area contributed by atoms with Crippen molar-refractivity contribution in [3.05, 3.63) is 0 Å². The molecule has 0 unspecified atom stereocenters. The number of carbonyl (C=O) groups excluding carboxylic acids is 2. The van der Waals surface area contributed by atoms with Gasteiger partial charge in [-0.3, -0.25) is 9.59 Å². The van der Waals surface area contributed by atoms with E-state index in [1.54, 1.807) is 0 Å². The lowest BCUT2D eigenvalue weighted by molar-refractivity contribution is -0.146. The van der Waals surface area contributed by atoms with Crippen LogP contribution in [-0.2, 0) is 19.1 Å². The molecule has 0 aromatic carbocycles. The van der Waals surface area contributed by atoms with Crippen LogP contribution in [0.2, 0.25) is 0 Å². The van der Waals surface area contributed by atoms with Crippen molar-refractivity contribution in [2.24, 2.45) is 5.92 Å². The summed E-state index contributed by atoms with van der Waals surface area (Å²) in [4.78, 5) is 23.6. The topological polar surface area (TPSA) is 52.6 Å². The summed E-state index contributed by atoms with van der Waals surface area (Å²) in [5.41, 5.74) is 0. The molecule has 220 valence electrons. The van der Waals surface area contributed by atoms with Crippen molar-refractivity contribution in [1.82, 2.24) is 0 Å². The van der Waals surface area contributed by atoms with Gasteiger partial charge in [-0.1, -0.05) is 143 Å². The van der Waals surface area contributed by atoms with Gasteiger partial charge in [-0.15, -0.1) is 0 Å². The highest BCUT2D eigenvalue weighted by molar-refractivity contribution is 5.70. The zero-order chi connectivity index (χ0) is 27.2. The van der Waals surface area contributed by atoms with E-state index < -0.39 is 0 Å². The predicted molar refractivity (Wildman–Crippen MR) is 158 cm³/mol. The van der Waals surface area contributed by atoms with E-state index in [4.69, 9.17) is 9.47 Å². The molecule has 0 N–H and O–H groups in total. The normalized spacial score (nSPS) is 11.2. The number of unbranched alkanes of at least 4 members (excludes halogenated alkanes) is 19. The fraction of sp³-hybridized carbons (Fsp3) is 0.939. The first-order chi connectivity index (χ1) is 18.1. The Balaban J connectivity index is 3.26. The highest BCUT2D eigenvalue weighted by atomic mass is 16.5. The highest BCUT2D eigenvalue weighted by Crippen LogP contribution is 2.14. The average molecular weight is 525 g/mol. The van der Waals surface area contributed by atoms with Gasteiger partial charge < -0.3 is 9.47 Å². The lowest BCUT2D eigenvalue weighted by atomic mass is 10.0. The first-order valence-corrected chi connectivity index (χ1v) is 16.4. The Morgan fingerprint density at radius 3 is 1.14 bits per heavy atom. The molecule has 0 aromatic rings. The van der Waals surface area contributed by atoms with Crippen LogP contribution in [0, 0.1) is 5.92 Å². The number of esters is 2. The summed E-state index contributed by atoms with van der Waals surface area (Å²) in [6, 6.07) is 0. The Morgan fingerprint density at radius 1 is 0.459 bits per heavy atom. The summed E-state index contributed by atoms with van der Waals surface area (Å²) >= 11 is 0. The van der Waals surface area contributed by atoms with Gasteiger partial charge in [-0.25, -0.2) is 0 Å². The Bertz CT molecular complexity index is 489. The summed E-state index contributed by atoms with van der Waals surface area (Å²) in [5, 5.41) is 0. The molecule has 0 saturated carbocycles. The lowest BCUT2D eigenvalue weighted by Crippen LogP contribution is -2.08. The molecule has 4 nitrogen and oxygen atoms in total. The number of rotatable bonds is 29. The van der Waals surface area contributed by atoms with Gasteiger partial charge in [-0.2, -0.15) is 0 Å². The van der Waals surface area contributed by atoms with Crippen LogP contribution < -0.4 is 0 Å². The van der Waals surface area contributed by atoms with Crippen LogP contribution in [0.3, 0.4) is 0 Å². The summed E-state index contributed by atoms with van der Waals surface area (Å²) in [7, 11) is 0. The lowest BCUT2D eigenvalue weighted by Gasteiger charge is -2.07. The van der Waals surface area contributed by atoms with E-state index in [-0.39, 0.29) is 11.9 Å². The summed E-state index contributed by atoms with van der Waals surface area (Å²) in [5.74, 6) is 0.508. The molecule has 0 amide bonds. The molecule has 0 aromatic heterocycles. The molecule has 0 aliphatic carbocycles. The second-order valence-corrected chi connectivity index (χ2v) is 11.5. The van der Waals surface area contributed by atoms with E-state index in [1.165, 1.54) is 109 Å². The first kappa shape index (κ1) is 35.9. The van der Waals surface area contributed by atoms with Crippen LogP contribution in [0.5, 0.6) is 0 Å². The quantitative estimate of drug-likeness (QED) is 0.0721. The fourth-order valence-corrected chi connectivity index (χ4v) is 4.71. The third kappa shape index (κ3) is 31.1. The molecular weight excluding hydrogens is 460 g/mol. The molecular formula is C33H64O4. The van der Waals surface area contributed by atoms with E-state index in [0.717, 1.165) is 31.6 Å². The van der Waals surface area contributed by atoms with Crippen LogP contribution in [0.4, 0.5) is 0 Å². The van der Waals surface area contributed by atoms with Gasteiger partial charge in [0, 0.05) is 12.8 Å². The zero-order valence-corrected chi connectivity index (χ0v) is 25.3. The summed E-state index contributed by atoms with van der Waals surface area (Å²) in [6.45, 7) is 7.85. The van der Waals surface area contributed by atoms with Crippen molar-refractivity contribution in [1.29, 1.82) is 0 Å². The maximum absolute atomic E-state index is 11.8. The molecule has 4 heteroatoms. The standard InChI is InChI=1S/C33H64O4/c1-4-5-6-7-8-9-10-11-12-13-14-15-16-17-19-24-29-36-32(34)27-22-23-28-33(35)37-30-25-20-18-21-26-31(2)3/h31H,4-30H2,1-3H3. The Kier molecular flexibility index (Phi) is 28.7. The Labute approximate surface area is 231 Å². The predicted octanol–water partition coefficient (Wildman–Crippen LogP) is 10.5. The van der Waals surface area contributed by atoms with Gasteiger partial charge in [0.05, 0.1) is 13.2 Å². The minimum atomic E-state index is -0.135. The van der Waals surface area contributed by atoms with E-state index >= 15 is 0 Å². The number of ether oxygens (including phenoxy) is 2. The first-order valence-electron chi connectivity index (χ1n) is 16.4. The van der Waals surface area contributed by atoms with Gasteiger partial charge in [0.1, 0.15) is 0 Å². The van der Waals surface area contributed by atoms with Crippen LogP contribution >= 0.6 is 0 Å². The van der Waals surface area contributed by atoms with Crippen molar-refractivity contribution in [3.63, 3.8) is 0 Å². The minimum Gasteiger partial charge on any atom is -0.466 e. The maximum atomic E-state index is 11.8. The van der Waals surface area contributed by atoms with Crippen LogP contribution in [0.15, 0.2) is 0 Å². The van der Waals surface area contributed by atoms with E-state index in [9.17, 15) is 9.59 Å². The molecule has 0 aliphatic heterocycles. The van der Waals surface area contributed by atoms with Crippen LogP contribution in [0.1, 0.15) is 181 Å². The molecule has 0 rings (SSSR count). The summed E-state index contributed by atoms with van der Waals surface area (Å²) in [6.07, 6.45) is 29.6. The van der Waals surface area contributed by atoms with Crippen molar-refractivity contribution >= 4 is 11.9 Å². The third-order valence-electron chi connectivity index (χ3n) is 7.21. The van der Waals surface area contributed by atoms with E-state index in [0.29, 0.717) is 38.9 Å². The van der Waals surface area contributed by atoms with Gasteiger partial charge in [0.2, 0.25) is 0 Å². The Hall–Kier alpha value is -1.06. The monoisotopic (exact) mass is 524 g/mol. The maximum Gasteiger partial charge on any atom is 0.305 e. The number of hydrogen-bond donors (Lipinski definition) is 0. The van der Waals surface area contributed by atoms with Gasteiger partial charge in [0.25, 0.3) is 0 Å². The second-order valence-electron chi connectivity index (χ2n) is 11.5. The molecule has 0 fully saturated rings. The largest absolute Gasteiger partial charge is 0.466 e. The molecule has 0 spiro atoms.